The SMILES string of the molecule is Cc1noc([C@@H]2CCCN(C(=O)CCNC(=O)c3ccc(Cl)cc3)C2)n1. The van der Waals surface area contributed by atoms with Crippen molar-refractivity contribution in [2.45, 2.75) is 32.1 Å². The standard InChI is InChI=1S/C18H21ClN4O3/c1-12-21-18(26-22-12)14-3-2-10-23(11-14)16(24)8-9-20-17(25)13-4-6-15(19)7-5-13/h4-7,14H,2-3,8-11H2,1H3,(H,20,25)/t14-/m1/s1. The minimum absolute atomic E-state index is 0.0161. The second-order valence-corrected chi connectivity index (χ2v) is 6.81. The van der Waals surface area contributed by atoms with E-state index in [4.69, 9.17) is 16.1 Å². The summed E-state index contributed by atoms with van der Waals surface area (Å²) in [5, 5.41) is 7.16. The van der Waals surface area contributed by atoms with Gasteiger partial charge in [0.15, 0.2) is 5.82 Å². The van der Waals surface area contributed by atoms with Gasteiger partial charge < -0.3 is 14.7 Å². The fourth-order valence-corrected chi connectivity index (χ4v) is 3.15. The molecule has 2 heterocycles. The van der Waals surface area contributed by atoms with Gasteiger partial charge in [-0.3, -0.25) is 9.59 Å². The number of halogens is 1. The van der Waals surface area contributed by atoms with Crippen LogP contribution in [-0.2, 0) is 4.79 Å². The second-order valence-electron chi connectivity index (χ2n) is 6.37. The number of carbonyl (C=O) groups is 2. The highest BCUT2D eigenvalue weighted by molar-refractivity contribution is 6.30. The molecule has 1 saturated heterocycles. The summed E-state index contributed by atoms with van der Waals surface area (Å²) in [6.07, 6.45) is 2.09. The molecule has 1 aromatic heterocycles. The number of nitrogens with one attached hydrogen (secondary N) is 1. The number of hydrogen-bond acceptors (Lipinski definition) is 5. The normalized spacial score (nSPS) is 17.2. The van der Waals surface area contributed by atoms with E-state index >= 15 is 0 Å². The molecule has 0 aliphatic carbocycles. The van der Waals surface area contributed by atoms with Crippen LogP contribution in [0.4, 0.5) is 0 Å². The molecule has 8 heteroatoms. The molecule has 1 atom stereocenters. The van der Waals surface area contributed by atoms with Gasteiger partial charge >= 0.3 is 0 Å². The minimum Gasteiger partial charge on any atom is -0.352 e. The Morgan fingerprint density at radius 1 is 1.35 bits per heavy atom. The summed E-state index contributed by atoms with van der Waals surface area (Å²) in [5.41, 5.74) is 0.520. The molecule has 7 nitrogen and oxygen atoms in total. The second kappa shape index (κ2) is 8.31. The Morgan fingerprint density at radius 3 is 2.81 bits per heavy atom. The van der Waals surface area contributed by atoms with Crippen LogP contribution >= 0.6 is 11.6 Å². The molecule has 1 aromatic carbocycles. The molecular formula is C18H21ClN4O3. The number of piperidine rings is 1. The van der Waals surface area contributed by atoms with E-state index in [1.165, 1.54) is 0 Å². The molecule has 1 aliphatic rings. The average Bonchev–Trinajstić information content (AvgIpc) is 3.08. The zero-order valence-corrected chi connectivity index (χ0v) is 15.3. The topological polar surface area (TPSA) is 88.3 Å². The first-order chi connectivity index (χ1) is 12.5. The van der Waals surface area contributed by atoms with Crippen molar-refractivity contribution in [3.8, 4) is 0 Å². The van der Waals surface area contributed by atoms with E-state index in [0.717, 1.165) is 12.8 Å². The first kappa shape index (κ1) is 18.4. The fourth-order valence-electron chi connectivity index (χ4n) is 3.03. The Morgan fingerprint density at radius 2 is 2.12 bits per heavy atom. The zero-order valence-electron chi connectivity index (χ0n) is 14.6. The summed E-state index contributed by atoms with van der Waals surface area (Å²) >= 11 is 5.81. The summed E-state index contributed by atoms with van der Waals surface area (Å²) < 4.78 is 5.24. The highest BCUT2D eigenvalue weighted by atomic mass is 35.5. The third-order valence-electron chi connectivity index (χ3n) is 4.40. The third kappa shape index (κ3) is 4.60. The lowest BCUT2D eigenvalue weighted by Crippen LogP contribution is -2.40. The number of likely N-dealkylation sites (tertiary alicyclic amines) is 1. The highest BCUT2D eigenvalue weighted by Gasteiger charge is 2.28. The Hall–Kier alpha value is -2.41. The maximum atomic E-state index is 12.4. The Labute approximate surface area is 156 Å². The summed E-state index contributed by atoms with van der Waals surface area (Å²) in [7, 11) is 0. The van der Waals surface area contributed by atoms with Gasteiger partial charge in [0.25, 0.3) is 5.91 Å². The predicted molar refractivity (Wildman–Crippen MR) is 96.0 cm³/mol. The van der Waals surface area contributed by atoms with Gasteiger partial charge in [0.2, 0.25) is 11.8 Å². The molecule has 3 rings (SSSR count). The summed E-state index contributed by atoms with van der Waals surface area (Å²) in [6.45, 7) is 3.36. The Balaban J connectivity index is 1.47. The molecule has 2 aromatic rings. The lowest BCUT2D eigenvalue weighted by atomic mass is 9.97. The van der Waals surface area contributed by atoms with Crippen LogP contribution in [0.2, 0.25) is 5.02 Å². The van der Waals surface area contributed by atoms with Crippen molar-refractivity contribution in [1.82, 2.24) is 20.4 Å². The quantitative estimate of drug-likeness (QED) is 0.866. The van der Waals surface area contributed by atoms with E-state index in [0.29, 0.717) is 41.9 Å². The summed E-state index contributed by atoms with van der Waals surface area (Å²) in [5.74, 6) is 1.08. The molecule has 0 bridgehead atoms. The minimum atomic E-state index is -0.215. The van der Waals surface area contributed by atoms with Crippen LogP contribution in [-0.4, -0.2) is 46.5 Å². The van der Waals surface area contributed by atoms with Crippen LogP contribution in [0.1, 0.15) is 47.3 Å². The highest BCUT2D eigenvalue weighted by Crippen LogP contribution is 2.25. The van der Waals surface area contributed by atoms with E-state index < -0.39 is 0 Å². The van der Waals surface area contributed by atoms with E-state index in [2.05, 4.69) is 15.5 Å². The van der Waals surface area contributed by atoms with E-state index in [1.54, 1.807) is 31.2 Å². The fraction of sp³-hybridized carbons (Fsp3) is 0.444. The molecule has 0 spiro atoms. The van der Waals surface area contributed by atoms with Crippen molar-refractivity contribution in [2.75, 3.05) is 19.6 Å². The van der Waals surface area contributed by atoms with Crippen molar-refractivity contribution in [1.29, 1.82) is 0 Å². The van der Waals surface area contributed by atoms with Gasteiger partial charge in [-0.1, -0.05) is 16.8 Å². The number of benzene rings is 1. The van der Waals surface area contributed by atoms with Crippen LogP contribution in [0.5, 0.6) is 0 Å². The third-order valence-corrected chi connectivity index (χ3v) is 4.65. The lowest BCUT2D eigenvalue weighted by molar-refractivity contribution is -0.132. The monoisotopic (exact) mass is 376 g/mol. The number of nitrogens with zero attached hydrogens (tertiary/aromatic N) is 3. The number of aryl methyl sites for hydroxylation is 1. The predicted octanol–water partition coefficient (Wildman–Crippen LogP) is 2.56. The van der Waals surface area contributed by atoms with Crippen molar-refractivity contribution < 1.29 is 14.1 Å². The zero-order chi connectivity index (χ0) is 18.5. The first-order valence-corrected chi connectivity index (χ1v) is 9.02. The Bertz CT molecular complexity index is 775. The summed E-state index contributed by atoms with van der Waals surface area (Å²) in [6, 6.07) is 6.63. The van der Waals surface area contributed by atoms with Crippen LogP contribution in [0.15, 0.2) is 28.8 Å². The number of hydrogen-bond donors (Lipinski definition) is 1. The number of rotatable bonds is 5. The van der Waals surface area contributed by atoms with E-state index in [9.17, 15) is 9.59 Å². The van der Waals surface area contributed by atoms with Crippen molar-refractivity contribution in [2.24, 2.45) is 0 Å². The van der Waals surface area contributed by atoms with Gasteiger partial charge in [0, 0.05) is 36.6 Å². The van der Waals surface area contributed by atoms with Crippen molar-refractivity contribution >= 4 is 23.4 Å². The summed E-state index contributed by atoms with van der Waals surface area (Å²) in [4.78, 5) is 30.6. The van der Waals surface area contributed by atoms with Gasteiger partial charge in [-0.25, -0.2) is 0 Å². The lowest BCUT2D eigenvalue weighted by Gasteiger charge is -2.31. The maximum absolute atomic E-state index is 12.4. The van der Waals surface area contributed by atoms with E-state index in [-0.39, 0.29) is 24.2 Å². The number of amides is 2. The number of aromatic nitrogens is 2. The molecule has 1 fully saturated rings. The van der Waals surface area contributed by atoms with Gasteiger partial charge in [-0.15, -0.1) is 0 Å². The van der Waals surface area contributed by atoms with Gasteiger partial charge in [0.1, 0.15) is 0 Å². The maximum Gasteiger partial charge on any atom is 0.251 e. The smallest absolute Gasteiger partial charge is 0.251 e. The molecule has 0 saturated carbocycles. The molecule has 2 amide bonds. The molecule has 138 valence electrons. The Kier molecular flexibility index (Phi) is 5.88. The molecule has 0 unspecified atom stereocenters. The van der Waals surface area contributed by atoms with Crippen molar-refractivity contribution in [3.05, 3.63) is 46.6 Å². The van der Waals surface area contributed by atoms with Crippen LogP contribution in [0, 0.1) is 6.92 Å². The largest absolute Gasteiger partial charge is 0.352 e. The molecular weight excluding hydrogens is 356 g/mol. The van der Waals surface area contributed by atoms with Gasteiger partial charge in [-0.05, 0) is 44.0 Å². The van der Waals surface area contributed by atoms with Crippen molar-refractivity contribution in [3.63, 3.8) is 0 Å². The molecule has 1 N–H and O–H groups in total. The number of carbonyl (C=O) groups excluding carboxylic acids is 2. The van der Waals surface area contributed by atoms with E-state index in [1.807, 2.05) is 4.90 Å². The molecule has 0 radical (unpaired) electrons. The van der Waals surface area contributed by atoms with Crippen LogP contribution in [0.25, 0.3) is 0 Å². The average molecular weight is 377 g/mol. The van der Waals surface area contributed by atoms with Gasteiger partial charge in [-0.2, -0.15) is 4.98 Å². The molecule has 26 heavy (non-hydrogen) atoms. The first-order valence-electron chi connectivity index (χ1n) is 8.64. The van der Waals surface area contributed by atoms with Crippen LogP contribution in [0.3, 0.4) is 0 Å². The molecule has 1 aliphatic heterocycles. The van der Waals surface area contributed by atoms with Gasteiger partial charge in [0.05, 0.1) is 5.92 Å². The van der Waals surface area contributed by atoms with Crippen LogP contribution < -0.4 is 5.32 Å².